The van der Waals surface area contributed by atoms with Crippen molar-refractivity contribution in [1.82, 2.24) is 10.2 Å². The zero-order chi connectivity index (χ0) is 20.9. The van der Waals surface area contributed by atoms with Gasteiger partial charge in [0, 0.05) is 26.1 Å². The van der Waals surface area contributed by atoms with Crippen LogP contribution < -0.4 is 9.62 Å². The summed E-state index contributed by atoms with van der Waals surface area (Å²) in [6.45, 7) is 1.34. The number of benzene rings is 2. The van der Waals surface area contributed by atoms with E-state index in [1.165, 1.54) is 0 Å². The van der Waals surface area contributed by atoms with Crippen molar-refractivity contribution in [3.63, 3.8) is 0 Å². The third-order valence-corrected chi connectivity index (χ3v) is 5.90. The highest BCUT2D eigenvalue weighted by atomic mass is 32.2. The van der Waals surface area contributed by atoms with Crippen molar-refractivity contribution in [3.05, 3.63) is 65.7 Å². The van der Waals surface area contributed by atoms with Gasteiger partial charge in [-0.2, -0.15) is 0 Å². The van der Waals surface area contributed by atoms with Crippen LogP contribution in [-0.4, -0.2) is 44.5 Å². The van der Waals surface area contributed by atoms with E-state index in [1.807, 2.05) is 29.2 Å². The highest BCUT2D eigenvalue weighted by Crippen LogP contribution is 2.17. The molecule has 8 heteroatoms. The van der Waals surface area contributed by atoms with E-state index in [-0.39, 0.29) is 24.9 Å². The quantitative estimate of drug-likeness (QED) is 0.713. The number of nitrogens with one attached hydrogen (secondary N) is 1. The third-order valence-electron chi connectivity index (χ3n) is 4.76. The van der Waals surface area contributed by atoms with E-state index >= 15 is 0 Å². The minimum absolute atomic E-state index is 0.172. The van der Waals surface area contributed by atoms with Gasteiger partial charge in [0.2, 0.25) is 21.8 Å². The lowest BCUT2D eigenvalue weighted by molar-refractivity contribution is -0.128. The van der Waals surface area contributed by atoms with E-state index in [0.717, 1.165) is 34.7 Å². The van der Waals surface area contributed by atoms with Crippen molar-refractivity contribution in [2.75, 3.05) is 23.7 Å². The molecule has 1 heterocycles. The molecular formula is C21H25N3O4S. The molecule has 2 amide bonds. The maximum absolute atomic E-state index is 12.4. The molecule has 154 valence electrons. The van der Waals surface area contributed by atoms with Gasteiger partial charge in [0.05, 0.1) is 11.9 Å². The molecule has 0 aromatic heterocycles. The second-order valence-corrected chi connectivity index (χ2v) is 9.03. The van der Waals surface area contributed by atoms with E-state index in [0.29, 0.717) is 18.7 Å². The largest absolute Gasteiger partial charge is 0.350 e. The lowest BCUT2D eigenvalue weighted by Crippen LogP contribution is -2.40. The van der Waals surface area contributed by atoms with Crippen molar-refractivity contribution >= 4 is 27.5 Å². The number of sulfonamides is 1. The average molecular weight is 416 g/mol. The summed E-state index contributed by atoms with van der Waals surface area (Å²) in [5.41, 5.74) is 2.35. The number of anilines is 1. The molecule has 1 aliphatic heterocycles. The molecule has 2 aromatic rings. The zero-order valence-electron chi connectivity index (χ0n) is 16.4. The molecule has 0 aliphatic carbocycles. The van der Waals surface area contributed by atoms with Crippen LogP contribution in [0, 0.1) is 0 Å². The summed E-state index contributed by atoms with van der Waals surface area (Å²) in [5, 5.41) is 2.78. The number of amides is 2. The van der Waals surface area contributed by atoms with Crippen LogP contribution in [0.3, 0.4) is 0 Å². The van der Waals surface area contributed by atoms with Gasteiger partial charge >= 0.3 is 0 Å². The SMILES string of the molecule is CS(=O)(=O)N(CC(=O)NCc1cccc(CN2CCCC2=O)c1)c1ccccc1. The number of nitrogens with zero attached hydrogens (tertiary/aromatic N) is 2. The molecule has 1 N–H and O–H groups in total. The summed E-state index contributed by atoms with van der Waals surface area (Å²) < 4.78 is 25.3. The van der Waals surface area contributed by atoms with Crippen LogP contribution >= 0.6 is 0 Å². The van der Waals surface area contributed by atoms with E-state index < -0.39 is 10.0 Å². The van der Waals surface area contributed by atoms with E-state index in [9.17, 15) is 18.0 Å². The van der Waals surface area contributed by atoms with E-state index in [4.69, 9.17) is 0 Å². The summed E-state index contributed by atoms with van der Waals surface area (Å²) >= 11 is 0. The van der Waals surface area contributed by atoms with Crippen LogP contribution in [0.25, 0.3) is 0 Å². The Bertz CT molecular complexity index is 976. The molecule has 0 saturated carbocycles. The monoisotopic (exact) mass is 415 g/mol. The molecule has 2 aromatic carbocycles. The number of carbonyl (C=O) groups excluding carboxylic acids is 2. The molecule has 7 nitrogen and oxygen atoms in total. The van der Waals surface area contributed by atoms with Gasteiger partial charge in [0.1, 0.15) is 6.54 Å². The highest BCUT2D eigenvalue weighted by molar-refractivity contribution is 7.92. The van der Waals surface area contributed by atoms with Crippen molar-refractivity contribution < 1.29 is 18.0 Å². The van der Waals surface area contributed by atoms with Gasteiger partial charge in [0.15, 0.2) is 0 Å². The molecule has 0 spiro atoms. The Hall–Kier alpha value is -2.87. The van der Waals surface area contributed by atoms with Crippen molar-refractivity contribution in [2.24, 2.45) is 0 Å². The van der Waals surface area contributed by atoms with Gasteiger partial charge in [-0.15, -0.1) is 0 Å². The molecule has 1 aliphatic rings. The Kier molecular flexibility index (Phi) is 6.53. The number of likely N-dealkylation sites (tertiary alicyclic amines) is 1. The Morgan fingerprint density at radius 1 is 1.10 bits per heavy atom. The zero-order valence-corrected chi connectivity index (χ0v) is 17.2. The minimum atomic E-state index is -3.59. The van der Waals surface area contributed by atoms with Crippen LogP contribution in [0.1, 0.15) is 24.0 Å². The van der Waals surface area contributed by atoms with Crippen LogP contribution in [0.2, 0.25) is 0 Å². The molecule has 0 bridgehead atoms. The number of rotatable bonds is 8. The highest BCUT2D eigenvalue weighted by Gasteiger charge is 2.21. The molecule has 1 fully saturated rings. The average Bonchev–Trinajstić information content (AvgIpc) is 3.09. The Morgan fingerprint density at radius 2 is 1.83 bits per heavy atom. The Morgan fingerprint density at radius 3 is 2.48 bits per heavy atom. The number of carbonyl (C=O) groups is 2. The van der Waals surface area contributed by atoms with Gasteiger partial charge in [-0.25, -0.2) is 8.42 Å². The number of hydrogen-bond donors (Lipinski definition) is 1. The smallest absolute Gasteiger partial charge is 0.241 e. The Balaban J connectivity index is 1.60. The molecule has 3 rings (SSSR count). The predicted molar refractivity (Wildman–Crippen MR) is 112 cm³/mol. The molecule has 0 unspecified atom stereocenters. The molecule has 1 saturated heterocycles. The van der Waals surface area contributed by atoms with Gasteiger partial charge in [-0.3, -0.25) is 13.9 Å². The molecule has 0 radical (unpaired) electrons. The maximum atomic E-state index is 12.4. The van der Waals surface area contributed by atoms with Gasteiger partial charge in [-0.1, -0.05) is 42.5 Å². The second kappa shape index (κ2) is 9.09. The van der Waals surface area contributed by atoms with Crippen LogP contribution in [0.4, 0.5) is 5.69 Å². The van der Waals surface area contributed by atoms with Gasteiger partial charge in [0.25, 0.3) is 0 Å². The standard InChI is InChI=1S/C21H25N3O4S/c1-29(27,28)24(19-9-3-2-4-10-19)16-20(25)22-14-17-7-5-8-18(13-17)15-23-12-6-11-21(23)26/h2-5,7-10,13H,6,11-12,14-16H2,1H3,(H,22,25). The van der Waals surface area contributed by atoms with Crippen LogP contribution in [-0.2, 0) is 32.7 Å². The van der Waals surface area contributed by atoms with Crippen molar-refractivity contribution in [3.8, 4) is 0 Å². The van der Waals surface area contributed by atoms with E-state index in [2.05, 4.69) is 5.32 Å². The maximum Gasteiger partial charge on any atom is 0.241 e. The van der Waals surface area contributed by atoms with Gasteiger partial charge < -0.3 is 10.2 Å². The van der Waals surface area contributed by atoms with Crippen LogP contribution in [0.5, 0.6) is 0 Å². The lowest BCUT2D eigenvalue weighted by Gasteiger charge is -2.21. The summed E-state index contributed by atoms with van der Waals surface area (Å²) in [5.74, 6) is -0.218. The number of para-hydroxylation sites is 1. The summed E-state index contributed by atoms with van der Waals surface area (Å²) in [6, 6.07) is 16.2. The Labute approximate surface area is 171 Å². The normalized spacial score (nSPS) is 14.1. The molecule has 29 heavy (non-hydrogen) atoms. The first kappa shape index (κ1) is 20.9. The topological polar surface area (TPSA) is 86.8 Å². The second-order valence-electron chi connectivity index (χ2n) is 7.12. The fourth-order valence-corrected chi connectivity index (χ4v) is 4.17. The van der Waals surface area contributed by atoms with Crippen molar-refractivity contribution in [2.45, 2.75) is 25.9 Å². The van der Waals surface area contributed by atoms with E-state index in [1.54, 1.807) is 30.3 Å². The predicted octanol–water partition coefficient (Wildman–Crippen LogP) is 1.89. The summed E-state index contributed by atoms with van der Waals surface area (Å²) in [7, 11) is -3.59. The summed E-state index contributed by atoms with van der Waals surface area (Å²) in [4.78, 5) is 26.0. The fourth-order valence-electron chi connectivity index (χ4n) is 3.31. The first-order valence-corrected chi connectivity index (χ1v) is 11.3. The minimum Gasteiger partial charge on any atom is -0.350 e. The molecule has 0 atom stereocenters. The lowest BCUT2D eigenvalue weighted by atomic mass is 10.1. The van der Waals surface area contributed by atoms with Crippen molar-refractivity contribution in [1.29, 1.82) is 0 Å². The van der Waals surface area contributed by atoms with Crippen LogP contribution in [0.15, 0.2) is 54.6 Å². The fraction of sp³-hybridized carbons (Fsp3) is 0.333. The first-order chi connectivity index (χ1) is 13.8. The number of hydrogen-bond acceptors (Lipinski definition) is 4. The summed E-state index contributed by atoms with van der Waals surface area (Å²) in [6.07, 6.45) is 2.58. The van der Waals surface area contributed by atoms with Gasteiger partial charge in [-0.05, 0) is 29.7 Å². The third kappa shape index (κ3) is 5.80. The first-order valence-electron chi connectivity index (χ1n) is 9.48. The molecular weight excluding hydrogens is 390 g/mol.